The number of rotatable bonds is 2. The van der Waals surface area contributed by atoms with Gasteiger partial charge in [0.15, 0.2) is 6.10 Å². The molecule has 0 bridgehead atoms. The maximum atomic E-state index is 13.1. The molecule has 0 aromatic heterocycles. The molecule has 1 aromatic carbocycles. The Balaban J connectivity index is 3.39. The van der Waals surface area contributed by atoms with Crippen LogP contribution in [-0.4, -0.2) is 16.2 Å². The molecule has 0 radical (unpaired) electrons. The zero-order valence-electron chi connectivity index (χ0n) is 8.12. The van der Waals surface area contributed by atoms with Gasteiger partial charge in [0.1, 0.15) is 5.82 Å². The summed E-state index contributed by atoms with van der Waals surface area (Å²) in [5.41, 5.74) is 1.50. The lowest BCUT2D eigenvalue weighted by atomic mass is 10.0. The summed E-state index contributed by atoms with van der Waals surface area (Å²) in [6, 6.07) is 0.751. The van der Waals surface area contributed by atoms with Crippen LogP contribution < -0.4 is 5.73 Å². The van der Waals surface area contributed by atoms with Gasteiger partial charge in [0.05, 0.1) is 11.3 Å². The van der Waals surface area contributed by atoms with E-state index in [1.54, 1.807) is 0 Å². The molecule has 1 unspecified atom stereocenters. The summed E-state index contributed by atoms with van der Waals surface area (Å²) in [7, 11) is 0. The normalized spacial score (nSPS) is 13.5. The molecule has 8 heteroatoms. The van der Waals surface area contributed by atoms with Gasteiger partial charge in [0.25, 0.3) is 0 Å². The number of benzene rings is 1. The van der Waals surface area contributed by atoms with Gasteiger partial charge in [-0.25, -0.2) is 9.18 Å². The first-order valence-corrected chi connectivity index (χ1v) is 4.21. The van der Waals surface area contributed by atoms with Crippen molar-refractivity contribution < 1.29 is 32.6 Å². The molecule has 0 amide bonds. The van der Waals surface area contributed by atoms with E-state index in [2.05, 4.69) is 0 Å². The highest BCUT2D eigenvalue weighted by molar-refractivity contribution is 5.74. The van der Waals surface area contributed by atoms with E-state index in [-0.39, 0.29) is 0 Å². The Labute approximate surface area is 92.3 Å². The van der Waals surface area contributed by atoms with Crippen LogP contribution in [0.5, 0.6) is 0 Å². The molecular formula is C9H7F4NO3. The lowest BCUT2D eigenvalue weighted by molar-refractivity contribution is -0.147. The molecule has 17 heavy (non-hydrogen) atoms. The Morgan fingerprint density at radius 2 is 1.88 bits per heavy atom. The van der Waals surface area contributed by atoms with E-state index >= 15 is 0 Å². The van der Waals surface area contributed by atoms with Crippen LogP contribution in [-0.2, 0) is 11.0 Å². The van der Waals surface area contributed by atoms with Gasteiger partial charge in [-0.05, 0) is 17.7 Å². The van der Waals surface area contributed by atoms with Gasteiger partial charge in [-0.1, -0.05) is 0 Å². The summed E-state index contributed by atoms with van der Waals surface area (Å²) in [4.78, 5) is 10.4. The molecule has 1 rings (SSSR count). The van der Waals surface area contributed by atoms with Crippen LogP contribution in [0.3, 0.4) is 0 Å². The molecule has 1 aromatic rings. The second-order valence-electron chi connectivity index (χ2n) is 3.20. The number of hydrogen-bond donors (Lipinski definition) is 3. The monoisotopic (exact) mass is 253 g/mol. The average Bonchev–Trinajstić information content (AvgIpc) is 2.18. The molecule has 0 aliphatic rings. The molecular weight excluding hydrogens is 246 g/mol. The second kappa shape index (κ2) is 4.21. The lowest BCUT2D eigenvalue weighted by Gasteiger charge is -2.14. The number of anilines is 1. The summed E-state index contributed by atoms with van der Waals surface area (Å²) in [5.74, 6) is -3.22. The van der Waals surface area contributed by atoms with Crippen LogP contribution in [0.15, 0.2) is 12.1 Å². The van der Waals surface area contributed by atoms with Crippen LogP contribution in [0.25, 0.3) is 0 Å². The van der Waals surface area contributed by atoms with Gasteiger partial charge in [-0.2, -0.15) is 13.2 Å². The van der Waals surface area contributed by atoms with E-state index < -0.39 is 40.9 Å². The molecule has 0 aliphatic carbocycles. The molecule has 4 nitrogen and oxygen atoms in total. The van der Waals surface area contributed by atoms with Crippen molar-refractivity contribution in [2.45, 2.75) is 12.3 Å². The van der Waals surface area contributed by atoms with Gasteiger partial charge in [-0.3, -0.25) is 0 Å². The second-order valence-corrected chi connectivity index (χ2v) is 3.20. The minimum atomic E-state index is -4.93. The number of aliphatic hydroxyl groups is 1. The smallest absolute Gasteiger partial charge is 0.418 e. The van der Waals surface area contributed by atoms with Gasteiger partial charge in [0, 0.05) is 0 Å². The first kappa shape index (κ1) is 13.2. The van der Waals surface area contributed by atoms with Crippen molar-refractivity contribution in [2.24, 2.45) is 0 Å². The van der Waals surface area contributed by atoms with Crippen LogP contribution in [0, 0.1) is 5.82 Å². The van der Waals surface area contributed by atoms with Gasteiger partial charge in [-0.15, -0.1) is 0 Å². The number of carbonyl (C=O) groups is 1. The van der Waals surface area contributed by atoms with E-state index in [0.29, 0.717) is 12.1 Å². The number of nitrogens with two attached hydrogens (primary N) is 1. The van der Waals surface area contributed by atoms with Crippen molar-refractivity contribution in [3.8, 4) is 0 Å². The summed E-state index contributed by atoms with van der Waals surface area (Å²) in [6.45, 7) is 0. The Kier molecular flexibility index (Phi) is 3.28. The van der Waals surface area contributed by atoms with E-state index in [1.807, 2.05) is 0 Å². The zero-order chi connectivity index (χ0) is 13.4. The molecule has 0 aliphatic heterocycles. The highest BCUT2D eigenvalue weighted by atomic mass is 19.4. The topological polar surface area (TPSA) is 83.5 Å². The highest BCUT2D eigenvalue weighted by Crippen LogP contribution is 2.36. The van der Waals surface area contributed by atoms with Crippen LogP contribution >= 0.6 is 0 Å². The fourth-order valence-corrected chi connectivity index (χ4v) is 1.17. The minimum absolute atomic E-state index is 0.303. The fraction of sp³-hybridized carbons (Fsp3) is 0.222. The standard InChI is InChI=1S/C9H7F4NO3/c10-5-2-3(7(15)8(16)17)1-4(6(5)14)9(11,12)13/h1-2,7,15H,14H2,(H,16,17). The number of carboxylic acid groups (broad SMARTS) is 1. The summed E-state index contributed by atoms with van der Waals surface area (Å²) < 4.78 is 50.3. The molecule has 0 spiro atoms. The predicted molar refractivity (Wildman–Crippen MR) is 48.4 cm³/mol. The summed E-state index contributed by atoms with van der Waals surface area (Å²) in [5, 5.41) is 17.4. The van der Waals surface area contributed by atoms with Gasteiger partial charge >= 0.3 is 12.1 Å². The Bertz CT molecular complexity index is 458. The van der Waals surface area contributed by atoms with Crippen molar-refractivity contribution in [1.29, 1.82) is 0 Å². The molecule has 94 valence electrons. The molecule has 0 heterocycles. The Morgan fingerprint density at radius 3 is 2.29 bits per heavy atom. The largest absolute Gasteiger partial charge is 0.479 e. The first-order valence-electron chi connectivity index (χ1n) is 4.21. The van der Waals surface area contributed by atoms with Crippen molar-refractivity contribution in [3.05, 3.63) is 29.1 Å². The van der Waals surface area contributed by atoms with Crippen LogP contribution in [0.1, 0.15) is 17.2 Å². The van der Waals surface area contributed by atoms with Crippen molar-refractivity contribution in [1.82, 2.24) is 0 Å². The van der Waals surface area contributed by atoms with E-state index in [9.17, 15) is 22.4 Å². The number of carboxylic acids is 1. The molecule has 0 fully saturated rings. The predicted octanol–water partition coefficient (Wildman–Crippen LogP) is 1.54. The SMILES string of the molecule is Nc1c(F)cc(C(O)C(=O)O)cc1C(F)(F)F. The first-order chi connectivity index (χ1) is 7.64. The Morgan fingerprint density at radius 1 is 1.35 bits per heavy atom. The number of nitrogen functional groups attached to an aromatic ring is 1. The third-order valence-electron chi connectivity index (χ3n) is 2.01. The summed E-state index contributed by atoms with van der Waals surface area (Å²) >= 11 is 0. The van der Waals surface area contributed by atoms with E-state index in [0.717, 1.165) is 0 Å². The number of alkyl halides is 3. The minimum Gasteiger partial charge on any atom is -0.479 e. The number of halogens is 4. The van der Waals surface area contributed by atoms with E-state index in [1.165, 1.54) is 0 Å². The van der Waals surface area contributed by atoms with Crippen molar-refractivity contribution in [2.75, 3.05) is 5.73 Å². The van der Waals surface area contributed by atoms with Crippen molar-refractivity contribution >= 4 is 11.7 Å². The fourth-order valence-electron chi connectivity index (χ4n) is 1.17. The maximum Gasteiger partial charge on any atom is 0.418 e. The third kappa shape index (κ3) is 2.64. The molecule has 0 saturated heterocycles. The molecule has 4 N–H and O–H groups in total. The van der Waals surface area contributed by atoms with E-state index in [4.69, 9.17) is 15.9 Å². The highest BCUT2D eigenvalue weighted by Gasteiger charge is 2.35. The number of aliphatic hydroxyl groups excluding tert-OH is 1. The Hall–Kier alpha value is -1.83. The number of hydrogen-bond acceptors (Lipinski definition) is 3. The molecule has 0 saturated carbocycles. The lowest BCUT2D eigenvalue weighted by Crippen LogP contribution is -2.15. The zero-order valence-corrected chi connectivity index (χ0v) is 8.12. The van der Waals surface area contributed by atoms with Crippen LogP contribution in [0.4, 0.5) is 23.2 Å². The average molecular weight is 253 g/mol. The van der Waals surface area contributed by atoms with Gasteiger partial charge in [0.2, 0.25) is 0 Å². The number of aliphatic carboxylic acids is 1. The quantitative estimate of drug-likeness (QED) is 0.551. The van der Waals surface area contributed by atoms with Gasteiger partial charge < -0.3 is 15.9 Å². The third-order valence-corrected chi connectivity index (χ3v) is 2.01. The summed E-state index contributed by atoms with van der Waals surface area (Å²) in [6.07, 6.45) is -7.18. The van der Waals surface area contributed by atoms with Crippen molar-refractivity contribution in [3.63, 3.8) is 0 Å². The molecule has 1 atom stereocenters. The van der Waals surface area contributed by atoms with Crippen LogP contribution in [0.2, 0.25) is 0 Å². The maximum absolute atomic E-state index is 13.1.